The average molecular weight is 159 g/mol. The van der Waals surface area contributed by atoms with E-state index in [0.717, 1.165) is 25.7 Å². The highest BCUT2D eigenvalue weighted by Gasteiger charge is 2.23. The maximum absolute atomic E-state index is 12.7. The van der Waals surface area contributed by atoms with Crippen LogP contribution in [0.3, 0.4) is 0 Å². The summed E-state index contributed by atoms with van der Waals surface area (Å²) in [4.78, 5) is 0. The van der Waals surface area contributed by atoms with Crippen LogP contribution in [0.2, 0.25) is 0 Å². The van der Waals surface area contributed by atoms with Crippen LogP contribution in [0.15, 0.2) is 0 Å². The molecule has 1 atom stereocenters. The average Bonchev–Trinajstić information content (AvgIpc) is 2.05. The first-order valence-corrected chi connectivity index (χ1v) is 4.55. The summed E-state index contributed by atoms with van der Waals surface area (Å²) in [5.74, 6) is 0.701. The molecular formula is C9H18FN. The normalized spacial score (nSPS) is 35.2. The van der Waals surface area contributed by atoms with Gasteiger partial charge in [0.25, 0.3) is 0 Å². The lowest BCUT2D eigenvalue weighted by Crippen LogP contribution is -2.33. The zero-order valence-corrected chi connectivity index (χ0v) is 7.44. The van der Waals surface area contributed by atoms with Crippen molar-refractivity contribution < 1.29 is 4.39 Å². The summed E-state index contributed by atoms with van der Waals surface area (Å²) in [7, 11) is 1.98. The minimum absolute atomic E-state index is 0.518. The van der Waals surface area contributed by atoms with E-state index in [1.54, 1.807) is 0 Å². The summed E-state index contributed by atoms with van der Waals surface area (Å²) >= 11 is 0. The van der Waals surface area contributed by atoms with E-state index in [1.165, 1.54) is 0 Å². The third-order valence-corrected chi connectivity index (χ3v) is 2.86. The van der Waals surface area contributed by atoms with Gasteiger partial charge in [-0.2, -0.15) is 0 Å². The van der Waals surface area contributed by atoms with Crippen LogP contribution in [-0.4, -0.2) is 19.3 Å². The Bertz CT molecular complexity index is 108. The second-order valence-corrected chi connectivity index (χ2v) is 3.59. The fourth-order valence-corrected chi connectivity index (χ4v) is 1.81. The zero-order chi connectivity index (χ0) is 8.27. The molecule has 66 valence electrons. The molecule has 0 amide bonds. The molecule has 1 fully saturated rings. The van der Waals surface area contributed by atoms with Gasteiger partial charge in [0.15, 0.2) is 0 Å². The molecule has 0 aromatic rings. The molecule has 0 aromatic carbocycles. The summed E-state index contributed by atoms with van der Waals surface area (Å²) in [5.41, 5.74) is 0. The maximum atomic E-state index is 12.7. The molecular weight excluding hydrogens is 141 g/mol. The number of halogens is 1. The summed E-state index contributed by atoms with van der Waals surface area (Å²) < 4.78 is 12.7. The molecule has 1 aliphatic carbocycles. The SMILES string of the molecule is CNC(C)C1CCC(F)CC1. The van der Waals surface area contributed by atoms with Crippen molar-refractivity contribution in [1.29, 1.82) is 0 Å². The van der Waals surface area contributed by atoms with Crippen molar-refractivity contribution in [2.45, 2.75) is 44.8 Å². The fraction of sp³-hybridized carbons (Fsp3) is 1.00. The van der Waals surface area contributed by atoms with Crippen molar-refractivity contribution in [2.24, 2.45) is 5.92 Å². The van der Waals surface area contributed by atoms with Gasteiger partial charge in [-0.1, -0.05) is 0 Å². The largest absolute Gasteiger partial charge is 0.317 e. The van der Waals surface area contributed by atoms with Crippen molar-refractivity contribution in [1.82, 2.24) is 5.32 Å². The molecule has 1 rings (SSSR count). The smallest absolute Gasteiger partial charge is 0.100 e. The van der Waals surface area contributed by atoms with Crippen molar-refractivity contribution in [3.63, 3.8) is 0 Å². The molecule has 0 saturated heterocycles. The second kappa shape index (κ2) is 4.05. The molecule has 0 radical (unpaired) electrons. The lowest BCUT2D eigenvalue weighted by Gasteiger charge is -2.28. The van der Waals surface area contributed by atoms with Crippen molar-refractivity contribution in [2.75, 3.05) is 7.05 Å². The van der Waals surface area contributed by atoms with Crippen LogP contribution < -0.4 is 5.32 Å². The van der Waals surface area contributed by atoms with Crippen LogP contribution in [0, 0.1) is 5.92 Å². The number of hydrogen-bond acceptors (Lipinski definition) is 1. The molecule has 0 bridgehead atoms. The van der Waals surface area contributed by atoms with Crippen LogP contribution >= 0.6 is 0 Å². The minimum Gasteiger partial charge on any atom is -0.317 e. The maximum Gasteiger partial charge on any atom is 0.100 e. The standard InChI is InChI=1S/C9H18FN/c1-7(11-2)8-3-5-9(10)6-4-8/h7-9,11H,3-6H2,1-2H3. The van der Waals surface area contributed by atoms with Gasteiger partial charge in [-0.05, 0) is 45.6 Å². The summed E-state index contributed by atoms with van der Waals surface area (Å²) in [5, 5.41) is 3.23. The van der Waals surface area contributed by atoms with Gasteiger partial charge < -0.3 is 5.32 Å². The van der Waals surface area contributed by atoms with Gasteiger partial charge in [0.1, 0.15) is 6.17 Å². The number of nitrogens with one attached hydrogen (secondary N) is 1. The van der Waals surface area contributed by atoms with Crippen molar-refractivity contribution in [3.05, 3.63) is 0 Å². The Hall–Kier alpha value is -0.110. The van der Waals surface area contributed by atoms with Gasteiger partial charge in [0, 0.05) is 6.04 Å². The molecule has 0 spiro atoms. The zero-order valence-electron chi connectivity index (χ0n) is 7.44. The van der Waals surface area contributed by atoms with E-state index in [0.29, 0.717) is 12.0 Å². The Morgan fingerprint density at radius 2 is 1.82 bits per heavy atom. The Balaban J connectivity index is 2.27. The van der Waals surface area contributed by atoms with Crippen molar-refractivity contribution >= 4 is 0 Å². The lowest BCUT2D eigenvalue weighted by atomic mass is 9.84. The van der Waals surface area contributed by atoms with Gasteiger partial charge in [0.2, 0.25) is 0 Å². The molecule has 1 unspecified atom stereocenters. The number of rotatable bonds is 2. The van der Waals surface area contributed by atoms with E-state index in [9.17, 15) is 4.39 Å². The van der Waals surface area contributed by atoms with E-state index in [1.807, 2.05) is 7.05 Å². The first-order valence-electron chi connectivity index (χ1n) is 4.55. The number of hydrogen-bond donors (Lipinski definition) is 1. The Morgan fingerprint density at radius 3 is 2.27 bits per heavy atom. The molecule has 1 N–H and O–H groups in total. The monoisotopic (exact) mass is 159 g/mol. The Kier molecular flexibility index (Phi) is 3.31. The molecule has 2 heteroatoms. The number of alkyl halides is 1. The first kappa shape index (κ1) is 8.98. The molecule has 11 heavy (non-hydrogen) atoms. The Morgan fingerprint density at radius 1 is 1.27 bits per heavy atom. The Labute approximate surface area is 68.4 Å². The highest BCUT2D eigenvalue weighted by Crippen LogP contribution is 2.28. The molecule has 1 aliphatic rings. The predicted molar refractivity (Wildman–Crippen MR) is 45.4 cm³/mol. The van der Waals surface area contributed by atoms with E-state index in [-0.39, 0.29) is 0 Å². The van der Waals surface area contributed by atoms with Crippen molar-refractivity contribution in [3.8, 4) is 0 Å². The van der Waals surface area contributed by atoms with E-state index in [2.05, 4.69) is 12.2 Å². The predicted octanol–water partition coefficient (Wildman–Crippen LogP) is 2.12. The minimum atomic E-state index is -0.518. The molecule has 1 nitrogen and oxygen atoms in total. The van der Waals surface area contributed by atoms with Crippen LogP contribution in [0.4, 0.5) is 4.39 Å². The molecule has 0 aliphatic heterocycles. The van der Waals surface area contributed by atoms with Gasteiger partial charge >= 0.3 is 0 Å². The molecule has 1 saturated carbocycles. The molecule has 0 heterocycles. The van der Waals surface area contributed by atoms with Gasteiger partial charge in [-0.15, -0.1) is 0 Å². The molecule has 0 aromatic heterocycles. The summed E-state index contributed by atoms with van der Waals surface area (Å²) in [6.45, 7) is 2.18. The van der Waals surface area contributed by atoms with E-state index >= 15 is 0 Å². The first-order chi connectivity index (χ1) is 5.24. The summed E-state index contributed by atoms with van der Waals surface area (Å²) in [6, 6.07) is 0.558. The van der Waals surface area contributed by atoms with E-state index in [4.69, 9.17) is 0 Å². The topological polar surface area (TPSA) is 12.0 Å². The van der Waals surface area contributed by atoms with Crippen LogP contribution in [0.1, 0.15) is 32.6 Å². The van der Waals surface area contributed by atoms with Crippen LogP contribution in [0.5, 0.6) is 0 Å². The summed E-state index contributed by atoms with van der Waals surface area (Å²) in [6.07, 6.45) is 3.15. The third-order valence-electron chi connectivity index (χ3n) is 2.86. The van der Waals surface area contributed by atoms with Crippen LogP contribution in [0.25, 0.3) is 0 Å². The third kappa shape index (κ3) is 2.44. The van der Waals surface area contributed by atoms with E-state index < -0.39 is 6.17 Å². The van der Waals surface area contributed by atoms with Gasteiger partial charge in [-0.25, -0.2) is 4.39 Å². The lowest BCUT2D eigenvalue weighted by molar-refractivity contribution is 0.186. The quantitative estimate of drug-likeness (QED) is 0.650. The fourth-order valence-electron chi connectivity index (χ4n) is 1.81. The second-order valence-electron chi connectivity index (χ2n) is 3.59. The van der Waals surface area contributed by atoms with Gasteiger partial charge in [-0.3, -0.25) is 0 Å². The highest BCUT2D eigenvalue weighted by molar-refractivity contribution is 4.78. The van der Waals surface area contributed by atoms with Crippen LogP contribution in [-0.2, 0) is 0 Å². The van der Waals surface area contributed by atoms with Gasteiger partial charge in [0.05, 0.1) is 0 Å². The highest BCUT2D eigenvalue weighted by atomic mass is 19.1.